The molecule has 0 bridgehead atoms. The Labute approximate surface area is 762 Å². The zero-order chi connectivity index (χ0) is 88.8. The van der Waals surface area contributed by atoms with Gasteiger partial charge in [0.15, 0.2) is 11.6 Å². The second kappa shape index (κ2) is 41.3. The molecule has 10 aromatic rings. The Hall–Kier alpha value is -11.1. The van der Waals surface area contributed by atoms with E-state index in [1.165, 1.54) is 9.75 Å². The number of unbranched alkanes of at least 4 members (excludes halogenated alkanes) is 12. The van der Waals surface area contributed by atoms with Crippen LogP contribution in [0.5, 0.6) is 0 Å². The third kappa shape index (κ3) is 20.6. The molecule has 0 saturated carbocycles. The van der Waals surface area contributed by atoms with Crippen molar-refractivity contribution in [2.45, 2.75) is 213 Å². The number of nitrogens with zero attached hydrogens (tertiary/aromatic N) is 10. The number of aliphatic carboxylic acids is 1. The average Bonchev–Trinajstić information content (AvgIpc) is 1.45. The summed E-state index contributed by atoms with van der Waals surface area (Å²) in [5.41, 5.74) is 11.0. The van der Waals surface area contributed by atoms with Gasteiger partial charge in [0.2, 0.25) is 29.5 Å². The molecule has 4 atom stereocenters. The molecule has 666 valence electrons. The Kier molecular flexibility index (Phi) is 30.9. The normalized spacial score (nSPS) is 16.8. The van der Waals surface area contributed by atoms with Crippen LogP contribution in [0.3, 0.4) is 0 Å². The lowest BCUT2D eigenvalue weighted by Crippen LogP contribution is -2.57. The van der Waals surface area contributed by atoms with E-state index in [-0.39, 0.29) is 78.0 Å². The quantitative estimate of drug-likeness (QED) is 0.0225. The molecule has 2 fully saturated rings. The van der Waals surface area contributed by atoms with E-state index in [2.05, 4.69) is 68.6 Å². The Bertz CT molecular complexity index is 6040. The molecular formula is C92H97Cl2F3N14O12S4. The van der Waals surface area contributed by atoms with Crippen LogP contribution in [0.15, 0.2) is 119 Å². The molecule has 16 rings (SSSR count). The van der Waals surface area contributed by atoms with Crippen LogP contribution >= 0.6 is 72.9 Å². The number of aliphatic imine (C=N–C) groups is 2. The van der Waals surface area contributed by atoms with Gasteiger partial charge in [-0.25, -0.2) is 0 Å². The van der Waals surface area contributed by atoms with Crippen LogP contribution < -0.4 is 21.3 Å². The fraction of sp³-hybridized carbons (Fsp3) is 0.380. The number of benzene rings is 6. The largest absolute Gasteiger partial charge is 0.481 e. The molecule has 2 saturated heterocycles. The molecule has 2 unspecified atom stereocenters. The van der Waals surface area contributed by atoms with Gasteiger partial charge in [-0.05, 0) is 162 Å². The molecule has 10 heterocycles. The highest BCUT2D eigenvalue weighted by Gasteiger charge is 2.46. The van der Waals surface area contributed by atoms with Crippen molar-refractivity contribution in [3.05, 3.63) is 219 Å². The molecule has 6 aromatic carbocycles. The van der Waals surface area contributed by atoms with Crippen LogP contribution in [-0.2, 0) is 46.4 Å². The molecule has 26 nitrogen and oxygen atoms in total. The Balaban J connectivity index is 0.000000186. The molecule has 0 spiro atoms. The van der Waals surface area contributed by atoms with Crippen LogP contribution in [-0.4, -0.2) is 152 Å². The van der Waals surface area contributed by atoms with Gasteiger partial charge in [-0.1, -0.05) is 160 Å². The fourth-order valence-corrected chi connectivity index (χ4v) is 19.8. The number of carbonyl (C=O) groups is 11. The summed E-state index contributed by atoms with van der Waals surface area (Å²) in [6.07, 6.45) is 9.14. The molecular weight excluding hydrogens is 1750 g/mol. The molecule has 35 heteroatoms. The van der Waals surface area contributed by atoms with E-state index in [4.69, 9.17) is 33.2 Å². The summed E-state index contributed by atoms with van der Waals surface area (Å²) in [6, 6.07) is 30.2. The van der Waals surface area contributed by atoms with Gasteiger partial charge < -0.3 is 15.7 Å². The van der Waals surface area contributed by atoms with E-state index in [9.17, 15) is 71.0 Å². The van der Waals surface area contributed by atoms with Gasteiger partial charge in [0.05, 0.1) is 35.4 Å². The van der Waals surface area contributed by atoms with Crippen LogP contribution in [0, 0.1) is 41.5 Å². The maximum Gasteiger partial charge on any atom is 0.471 e. The Morgan fingerprint density at radius 3 is 1.26 bits per heavy atom. The number of fused-ring (bicyclic) bond motifs is 6. The molecule has 10 amide bonds. The van der Waals surface area contributed by atoms with E-state index >= 15 is 0 Å². The number of hydrogen-bond donors (Lipinski definition) is 5. The number of carbonyl (C=O) groups excluding carboxylic acids is 10. The number of carboxylic acid groups (broad SMARTS) is 1. The first-order valence-electron chi connectivity index (χ1n) is 42.1. The van der Waals surface area contributed by atoms with E-state index in [1.807, 2.05) is 109 Å². The number of carboxylic acids is 1. The number of nitrogens with one attached hydrogen (secondary N) is 4. The number of thiophene rings is 2. The van der Waals surface area contributed by atoms with E-state index in [1.54, 1.807) is 46.9 Å². The highest BCUT2D eigenvalue weighted by molar-refractivity contribution is 7.59. The monoisotopic (exact) mass is 1840 g/mol. The predicted octanol–water partition coefficient (Wildman–Crippen LogP) is 16.5. The number of aryl methyl sites for hydroxylation is 6. The molecule has 0 aliphatic carbocycles. The number of hydrogen-bond acceptors (Lipinski definition) is 19. The van der Waals surface area contributed by atoms with Crippen molar-refractivity contribution in [2.24, 2.45) is 9.98 Å². The van der Waals surface area contributed by atoms with Crippen molar-refractivity contribution in [2.75, 3.05) is 13.1 Å². The van der Waals surface area contributed by atoms with Gasteiger partial charge in [-0.3, -0.25) is 92.3 Å². The minimum atomic E-state index is -4.85. The second-order valence-corrected chi connectivity index (χ2v) is 35.3. The third-order valence-corrected chi connectivity index (χ3v) is 26.5. The van der Waals surface area contributed by atoms with Gasteiger partial charge in [0.1, 0.15) is 45.8 Å². The summed E-state index contributed by atoms with van der Waals surface area (Å²) in [5, 5.41) is 42.3. The zero-order valence-electron chi connectivity index (χ0n) is 70.8. The summed E-state index contributed by atoms with van der Waals surface area (Å²) in [5.74, 6) is -4.35. The Morgan fingerprint density at radius 2 is 0.866 bits per heavy atom. The number of imide groups is 4. The number of aromatic nitrogens is 6. The number of piperidine rings is 2. The lowest BCUT2D eigenvalue weighted by atomic mass is 9.87. The first kappa shape index (κ1) is 95.0. The summed E-state index contributed by atoms with van der Waals surface area (Å²) in [7, 11) is 0. The first-order valence-corrected chi connectivity index (χ1v) is 44.4. The number of halogens is 5. The standard InChI is InChI=1S/C45H46ClN7O5S.C28H30F3N3O5.C19H17ClN4O2S.2H2S/c1-25-26(2)59-45-37(25)40(30-17-19-31(46)20-18-30)48-33(41-51-50-27(3)52(41)45)24-36(55)47-23-10-8-6-4-5-7-9-12-29-16-15-28-13-11-14-32-38(28)39(29)44(58)53(43(32)57)34-21-22-35(54)49-42(34)56;29-28(30,31)27(39)32-16-7-5-3-1-2-4-6-9-18-13-12-17-10-8-11-19-22(17)23(18)26(38)34(25(19)37)20-14-15-21(35)33-24(20)36;1-9-10(2)27-19-16(9)17(12-4-6-13(20)7-5-12)21-14(8-15(25)26)18-23-22-11(3)24(18)19;;/h11,13-20,33-34H,4-10,12,21-24H2,1-3H3,(H,47,55)(H,49,54,56);8,10-13,20H,1-7,9,14-16H2,(H,32,39)(H,33,35,36);4-7,14H,8H2,1-3H3,(H,25,26);2*1H2/t33-,34?;;14-;;/m0.0../s1. The number of amides is 10. The molecule has 127 heavy (non-hydrogen) atoms. The number of alkyl halides is 3. The highest BCUT2D eigenvalue weighted by atomic mass is 35.5. The summed E-state index contributed by atoms with van der Waals surface area (Å²) in [6.45, 7) is 12.7. The van der Waals surface area contributed by atoms with Crippen molar-refractivity contribution in [1.82, 2.24) is 60.6 Å². The predicted molar refractivity (Wildman–Crippen MR) is 490 cm³/mol. The first-order chi connectivity index (χ1) is 60.0. The van der Waals surface area contributed by atoms with Gasteiger partial charge in [-0.2, -0.15) is 40.2 Å². The van der Waals surface area contributed by atoms with Crippen molar-refractivity contribution < 1.29 is 71.0 Å². The summed E-state index contributed by atoms with van der Waals surface area (Å²) >= 11 is 15.6. The van der Waals surface area contributed by atoms with Crippen LogP contribution in [0.25, 0.3) is 31.5 Å². The van der Waals surface area contributed by atoms with Crippen LogP contribution in [0.4, 0.5) is 13.2 Å². The number of rotatable bonds is 28. The average molecular weight is 1850 g/mol. The zero-order valence-corrected chi connectivity index (χ0v) is 75.9. The highest BCUT2D eigenvalue weighted by Crippen LogP contribution is 2.44. The minimum absolute atomic E-state index is 0. The van der Waals surface area contributed by atoms with E-state index in [0.29, 0.717) is 86.9 Å². The van der Waals surface area contributed by atoms with Gasteiger partial charge >= 0.3 is 18.1 Å². The van der Waals surface area contributed by atoms with Crippen LogP contribution in [0.1, 0.15) is 259 Å². The summed E-state index contributed by atoms with van der Waals surface area (Å²) < 4.78 is 40.5. The van der Waals surface area contributed by atoms with Gasteiger partial charge in [0, 0.05) is 89.9 Å². The maximum absolute atomic E-state index is 14.0. The van der Waals surface area contributed by atoms with E-state index < -0.39 is 89.5 Å². The molecule has 4 aromatic heterocycles. The van der Waals surface area contributed by atoms with Crippen molar-refractivity contribution in [3.8, 4) is 10.0 Å². The minimum Gasteiger partial charge on any atom is -0.481 e. The lowest BCUT2D eigenvalue weighted by molar-refractivity contribution is -0.173. The topological polar surface area (TPSA) is 349 Å². The second-order valence-electron chi connectivity index (χ2n) is 32.1. The molecule has 5 N–H and O–H groups in total. The van der Waals surface area contributed by atoms with Crippen LogP contribution in [0.2, 0.25) is 10.0 Å². The van der Waals surface area contributed by atoms with Crippen molar-refractivity contribution >= 4 is 171 Å². The smallest absolute Gasteiger partial charge is 0.471 e. The van der Waals surface area contributed by atoms with Crippen molar-refractivity contribution in [1.29, 1.82) is 0 Å². The summed E-state index contributed by atoms with van der Waals surface area (Å²) in [4.78, 5) is 153. The third-order valence-electron chi connectivity index (χ3n) is 23.6. The molecule has 6 aliphatic rings. The Morgan fingerprint density at radius 1 is 0.480 bits per heavy atom. The fourth-order valence-electron chi connectivity index (χ4n) is 17.1. The van der Waals surface area contributed by atoms with Crippen molar-refractivity contribution in [3.63, 3.8) is 0 Å². The SMILES string of the molecule is Cc1sc2c(c1C)C(c1ccc(Cl)cc1)=N[C@@H](CC(=O)NCCCCCCCCCc1ccc3cccc4c3c1C(=O)N(C1CCC(=O)NC1=O)C4=O)c1nnc(C)n1-2.Cc1sc2c(c1C)C(c1ccc(Cl)cc1)=N[C@@H](CC(=O)O)c1nnc(C)n1-2.O=C1CCC(N2C(=O)c3cccc4ccc(CCCCCCCCCNC(=O)C(F)(F)F)c(c34)C2=O)C(=O)N1.S.S. The lowest BCUT2D eigenvalue weighted by Gasteiger charge is -2.35. The van der Waals surface area contributed by atoms with Gasteiger partial charge in [-0.15, -0.1) is 43.1 Å². The maximum atomic E-state index is 14.0. The van der Waals surface area contributed by atoms with E-state index in [0.717, 1.165) is 175 Å². The molecule has 6 aliphatic heterocycles. The molecule has 0 radical (unpaired) electrons. The van der Waals surface area contributed by atoms with Gasteiger partial charge in [0.25, 0.3) is 23.6 Å².